The summed E-state index contributed by atoms with van der Waals surface area (Å²) in [7, 11) is 0. The van der Waals surface area contributed by atoms with Crippen LogP contribution in [0.4, 0.5) is 0 Å². The van der Waals surface area contributed by atoms with Gasteiger partial charge in [-0.05, 0) is 32.9 Å². The zero-order chi connectivity index (χ0) is 11.0. The fourth-order valence-electron chi connectivity index (χ4n) is 0.774. The first-order valence-electron chi connectivity index (χ1n) is 5.12. The summed E-state index contributed by atoms with van der Waals surface area (Å²) in [6.07, 6.45) is 1.78. The van der Waals surface area contributed by atoms with Crippen molar-refractivity contribution >= 4 is 0 Å². The van der Waals surface area contributed by atoms with Crippen LogP contribution in [0, 0.1) is 0 Å². The van der Waals surface area contributed by atoms with Gasteiger partial charge < -0.3 is 4.74 Å². The normalized spacial score (nSPS) is 10.4. The number of ether oxygens (including phenoxy) is 1. The molecule has 0 atom stereocenters. The van der Waals surface area contributed by atoms with E-state index in [1.54, 1.807) is 6.20 Å². The van der Waals surface area contributed by atoms with Gasteiger partial charge in [-0.2, -0.15) is 0 Å². The van der Waals surface area contributed by atoms with Crippen LogP contribution >= 0.6 is 0 Å². The largest absolute Gasteiger partial charge is 0.370 e. The van der Waals surface area contributed by atoms with E-state index >= 15 is 0 Å². The van der Waals surface area contributed by atoms with E-state index in [1.165, 1.54) is 0 Å². The third-order valence-corrected chi connectivity index (χ3v) is 1.38. The smallest absolute Gasteiger partial charge is 0.0894 e. The number of nitrogens with zero attached hydrogens (tertiary/aromatic N) is 1. The van der Waals surface area contributed by atoms with Gasteiger partial charge in [-0.3, -0.25) is 4.98 Å². The van der Waals surface area contributed by atoms with Crippen molar-refractivity contribution in [3.8, 4) is 0 Å². The van der Waals surface area contributed by atoms with Crippen LogP contribution in [0.3, 0.4) is 0 Å². The molecule has 0 saturated carbocycles. The van der Waals surface area contributed by atoms with Gasteiger partial charge in [-0.1, -0.05) is 19.9 Å². The first kappa shape index (κ1) is 13.1. The highest BCUT2D eigenvalue weighted by atomic mass is 16.5. The average Bonchev–Trinajstić information content (AvgIpc) is 2.19. The van der Waals surface area contributed by atoms with E-state index in [2.05, 4.69) is 4.98 Å². The van der Waals surface area contributed by atoms with Crippen LogP contribution in [0.5, 0.6) is 0 Å². The average molecular weight is 195 g/mol. The van der Waals surface area contributed by atoms with Crippen LogP contribution < -0.4 is 0 Å². The Morgan fingerprint density at radius 3 is 2.29 bits per heavy atom. The molecular weight excluding hydrogens is 174 g/mol. The molecule has 0 radical (unpaired) electrons. The van der Waals surface area contributed by atoms with Crippen molar-refractivity contribution in [2.24, 2.45) is 0 Å². The number of aromatic nitrogens is 1. The van der Waals surface area contributed by atoms with Gasteiger partial charge in [0.25, 0.3) is 0 Å². The molecule has 0 aromatic carbocycles. The van der Waals surface area contributed by atoms with Crippen LogP contribution in [0.25, 0.3) is 0 Å². The van der Waals surface area contributed by atoms with E-state index in [4.69, 9.17) is 4.74 Å². The highest BCUT2D eigenvalue weighted by Crippen LogP contribution is 2.09. The molecule has 1 heterocycles. The lowest BCUT2D eigenvalue weighted by molar-refractivity contribution is -0.0164. The molecule has 0 aliphatic heterocycles. The van der Waals surface area contributed by atoms with Gasteiger partial charge in [0, 0.05) is 6.20 Å². The van der Waals surface area contributed by atoms with Crippen LogP contribution in [-0.2, 0) is 11.3 Å². The summed E-state index contributed by atoms with van der Waals surface area (Å²) in [5, 5.41) is 0. The van der Waals surface area contributed by atoms with E-state index in [0.717, 1.165) is 5.69 Å². The molecule has 14 heavy (non-hydrogen) atoms. The third kappa shape index (κ3) is 6.61. The Labute approximate surface area is 87.3 Å². The molecule has 0 aliphatic carbocycles. The molecule has 1 rings (SSSR count). The lowest BCUT2D eigenvalue weighted by Crippen LogP contribution is -2.18. The Bertz CT molecular complexity index is 226. The van der Waals surface area contributed by atoms with Crippen molar-refractivity contribution in [3.63, 3.8) is 0 Å². The predicted octanol–water partition coefficient (Wildman–Crippen LogP) is 3.42. The minimum absolute atomic E-state index is 0.0858. The maximum Gasteiger partial charge on any atom is 0.0894 e. The van der Waals surface area contributed by atoms with E-state index in [1.807, 2.05) is 52.8 Å². The first-order chi connectivity index (χ1) is 6.58. The monoisotopic (exact) mass is 195 g/mol. The zero-order valence-corrected chi connectivity index (χ0v) is 9.87. The number of pyridine rings is 1. The summed E-state index contributed by atoms with van der Waals surface area (Å²) in [6.45, 7) is 10.7. The van der Waals surface area contributed by atoms with Gasteiger partial charge in [0.1, 0.15) is 0 Å². The molecule has 80 valence electrons. The second-order valence-electron chi connectivity index (χ2n) is 3.72. The van der Waals surface area contributed by atoms with Gasteiger partial charge in [-0.15, -0.1) is 0 Å². The van der Waals surface area contributed by atoms with Gasteiger partial charge in [0.05, 0.1) is 17.9 Å². The summed E-state index contributed by atoms with van der Waals surface area (Å²) in [6, 6.07) is 5.83. The third-order valence-electron chi connectivity index (χ3n) is 1.38. The Hall–Kier alpha value is -0.890. The molecule has 0 unspecified atom stereocenters. The van der Waals surface area contributed by atoms with Crippen LogP contribution in [0.1, 0.15) is 40.3 Å². The molecule has 2 nitrogen and oxygen atoms in total. The second-order valence-corrected chi connectivity index (χ2v) is 3.72. The van der Waals surface area contributed by atoms with E-state index in [0.29, 0.717) is 6.61 Å². The molecule has 0 fully saturated rings. The van der Waals surface area contributed by atoms with E-state index in [-0.39, 0.29) is 5.60 Å². The summed E-state index contributed by atoms with van der Waals surface area (Å²) >= 11 is 0. The second kappa shape index (κ2) is 6.55. The Morgan fingerprint density at radius 1 is 1.21 bits per heavy atom. The fraction of sp³-hybridized carbons (Fsp3) is 0.583. The molecule has 1 aromatic heterocycles. The SMILES string of the molecule is CC.CC(C)(C)OCc1ccccn1. The number of rotatable bonds is 2. The lowest BCUT2D eigenvalue weighted by atomic mass is 10.2. The molecule has 0 saturated heterocycles. The molecule has 0 aliphatic rings. The fourth-order valence-corrected chi connectivity index (χ4v) is 0.774. The maximum atomic E-state index is 5.55. The van der Waals surface area contributed by atoms with Gasteiger partial charge in [-0.25, -0.2) is 0 Å². The minimum Gasteiger partial charge on any atom is -0.370 e. The molecule has 0 spiro atoms. The molecule has 0 amide bonds. The quantitative estimate of drug-likeness (QED) is 0.721. The summed E-state index contributed by atoms with van der Waals surface area (Å²) in [5.41, 5.74) is 0.893. The first-order valence-corrected chi connectivity index (χ1v) is 5.12. The predicted molar refractivity (Wildman–Crippen MR) is 60.1 cm³/mol. The van der Waals surface area contributed by atoms with Gasteiger partial charge in [0.15, 0.2) is 0 Å². The summed E-state index contributed by atoms with van der Waals surface area (Å²) in [4.78, 5) is 4.16. The van der Waals surface area contributed by atoms with Crippen LogP contribution in [-0.4, -0.2) is 10.6 Å². The Balaban J connectivity index is 0.000000791. The standard InChI is InChI=1S/C10H15NO.C2H6/c1-10(2,3)12-8-9-6-4-5-7-11-9;1-2/h4-7H,8H2,1-3H3;1-2H3. The highest BCUT2D eigenvalue weighted by molar-refractivity contribution is 5.01. The summed E-state index contributed by atoms with van der Waals surface area (Å²) < 4.78 is 5.55. The lowest BCUT2D eigenvalue weighted by Gasteiger charge is -2.18. The van der Waals surface area contributed by atoms with Crippen LogP contribution in [0.2, 0.25) is 0 Å². The van der Waals surface area contributed by atoms with Crippen molar-refractivity contribution in [1.82, 2.24) is 4.98 Å². The van der Waals surface area contributed by atoms with Gasteiger partial charge in [0.2, 0.25) is 0 Å². The Morgan fingerprint density at radius 2 is 1.86 bits per heavy atom. The van der Waals surface area contributed by atoms with E-state index in [9.17, 15) is 0 Å². The van der Waals surface area contributed by atoms with E-state index < -0.39 is 0 Å². The van der Waals surface area contributed by atoms with Crippen molar-refractivity contribution in [2.45, 2.75) is 46.8 Å². The maximum absolute atomic E-state index is 5.55. The minimum atomic E-state index is -0.0858. The Kier molecular flexibility index (Phi) is 6.13. The van der Waals surface area contributed by atoms with Crippen molar-refractivity contribution < 1.29 is 4.74 Å². The molecular formula is C12H21NO. The number of hydrogen-bond acceptors (Lipinski definition) is 2. The molecule has 0 N–H and O–H groups in total. The molecule has 2 heteroatoms. The summed E-state index contributed by atoms with van der Waals surface area (Å²) in [5.74, 6) is 0. The zero-order valence-electron chi connectivity index (χ0n) is 9.87. The van der Waals surface area contributed by atoms with Crippen molar-refractivity contribution in [3.05, 3.63) is 30.1 Å². The topological polar surface area (TPSA) is 22.1 Å². The van der Waals surface area contributed by atoms with Crippen LogP contribution in [0.15, 0.2) is 24.4 Å². The van der Waals surface area contributed by atoms with Crippen molar-refractivity contribution in [1.29, 1.82) is 0 Å². The highest BCUT2D eigenvalue weighted by Gasteiger charge is 2.09. The molecule has 1 aromatic rings. The number of hydrogen-bond donors (Lipinski definition) is 0. The molecule has 0 bridgehead atoms. The van der Waals surface area contributed by atoms with Gasteiger partial charge >= 0.3 is 0 Å². The van der Waals surface area contributed by atoms with Crippen molar-refractivity contribution in [2.75, 3.05) is 0 Å².